The number of aromatic nitrogens is 1. The maximum absolute atomic E-state index is 12.3. The van der Waals surface area contributed by atoms with Crippen molar-refractivity contribution in [1.29, 1.82) is 0 Å². The van der Waals surface area contributed by atoms with Crippen LogP contribution in [0.4, 0.5) is 5.69 Å². The Hall–Kier alpha value is -1.73. The highest BCUT2D eigenvalue weighted by atomic mass is 127. The van der Waals surface area contributed by atoms with Gasteiger partial charge in [-0.3, -0.25) is 4.79 Å². The zero-order valence-corrected chi connectivity index (χ0v) is 13.9. The predicted octanol–water partition coefficient (Wildman–Crippen LogP) is 4.67. The van der Waals surface area contributed by atoms with Gasteiger partial charge in [-0.15, -0.1) is 11.3 Å². The summed E-state index contributed by atoms with van der Waals surface area (Å²) in [5.41, 5.74) is 2.45. The first-order valence-corrected chi connectivity index (χ1v) is 8.26. The van der Waals surface area contributed by atoms with Crippen LogP contribution in [0.5, 0.6) is 0 Å². The molecule has 3 aromatic rings. The second kappa shape index (κ2) is 6.36. The van der Waals surface area contributed by atoms with E-state index in [0.717, 1.165) is 19.8 Å². The molecule has 0 radical (unpaired) electrons. The van der Waals surface area contributed by atoms with Crippen LogP contribution in [0, 0.1) is 3.57 Å². The molecule has 1 N–H and O–H groups in total. The largest absolute Gasteiger partial charge is 0.322 e. The van der Waals surface area contributed by atoms with E-state index < -0.39 is 0 Å². The van der Waals surface area contributed by atoms with E-state index in [4.69, 9.17) is 0 Å². The van der Waals surface area contributed by atoms with Crippen molar-refractivity contribution in [2.45, 2.75) is 0 Å². The van der Waals surface area contributed by atoms with E-state index >= 15 is 0 Å². The molecule has 3 nitrogen and oxygen atoms in total. The van der Waals surface area contributed by atoms with Gasteiger partial charge in [-0.1, -0.05) is 24.3 Å². The standard InChI is InChI=1S/C16H11IN2OS/c17-14-7-2-1-6-13(14)15(20)19-12-5-3-4-11(10-12)16-18-8-9-21-16/h1-10H,(H,19,20). The molecule has 1 amide bonds. The van der Waals surface area contributed by atoms with Crippen LogP contribution in [0.25, 0.3) is 10.6 Å². The molecule has 2 aromatic carbocycles. The van der Waals surface area contributed by atoms with Gasteiger partial charge < -0.3 is 5.32 Å². The zero-order valence-electron chi connectivity index (χ0n) is 10.9. The van der Waals surface area contributed by atoms with Crippen LogP contribution in [0.3, 0.4) is 0 Å². The topological polar surface area (TPSA) is 42.0 Å². The summed E-state index contributed by atoms with van der Waals surface area (Å²) in [6.07, 6.45) is 1.78. The summed E-state index contributed by atoms with van der Waals surface area (Å²) in [4.78, 5) is 16.6. The maximum Gasteiger partial charge on any atom is 0.256 e. The summed E-state index contributed by atoms with van der Waals surface area (Å²) < 4.78 is 0.934. The number of hydrogen-bond acceptors (Lipinski definition) is 3. The van der Waals surface area contributed by atoms with Crippen molar-refractivity contribution in [3.63, 3.8) is 0 Å². The Bertz CT molecular complexity index is 771. The van der Waals surface area contributed by atoms with E-state index in [1.807, 2.05) is 53.9 Å². The van der Waals surface area contributed by atoms with Gasteiger partial charge in [0, 0.05) is 26.4 Å². The molecule has 5 heteroatoms. The lowest BCUT2D eigenvalue weighted by atomic mass is 10.2. The monoisotopic (exact) mass is 406 g/mol. The summed E-state index contributed by atoms with van der Waals surface area (Å²) >= 11 is 3.74. The summed E-state index contributed by atoms with van der Waals surface area (Å²) in [6.45, 7) is 0. The van der Waals surface area contributed by atoms with Gasteiger partial charge in [0.15, 0.2) is 0 Å². The van der Waals surface area contributed by atoms with Gasteiger partial charge >= 0.3 is 0 Å². The number of benzene rings is 2. The molecule has 0 bridgehead atoms. The number of nitrogens with one attached hydrogen (secondary N) is 1. The smallest absolute Gasteiger partial charge is 0.256 e. The number of carbonyl (C=O) groups excluding carboxylic acids is 1. The third-order valence-corrected chi connectivity index (χ3v) is 4.68. The molecule has 0 unspecified atom stereocenters. The van der Waals surface area contributed by atoms with Crippen LogP contribution < -0.4 is 5.32 Å². The third-order valence-electron chi connectivity index (χ3n) is 2.92. The first-order chi connectivity index (χ1) is 10.2. The molecule has 0 spiro atoms. The van der Waals surface area contributed by atoms with Crippen LogP contribution in [-0.2, 0) is 0 Å². The normalized spacial score (nSPS) is 10.3. The molecular formula is C16H11IN2OS. The minimum Gasteiger partial charge on any atom is -0.322 e. The average Bonchev–Trinajstić information content (AvgIpc) is 3.02. The lowest BCUT2D eigenvalue weighted by Crippen LogP contribution is -2.13. The number of nitrogens with zero attached hydrogens (tertiary/aromatic N) is 1. The molecule has 0 atom stereocenters. The first kappa shape index (κ1) is 14.2. The number of rotatable bonds is 3. The fourth-order valence-electron chi connectivity index (χ4n) is 1.94. The average molecular weight is 406 g/mol. The molecule has 0 saturated heterocycles. The SMILES string of the molecule is O=C(Nc1cccc(-c2nccs2)c1)c1ccccc1I. The molecule has 0 aliphatic carbocycles. The minimum absolute atomic E-state index is 0.101. The number of anilines is 1. The molecule has 1 aromatic heterocycles. The van der Waals surface area contributed by atoms with Gasteiger partial charge in [0.25, 0.3) is 5.91 Å². The molecule has 0 fully saturated rings. The van der Waals surface area contributed by atoms with Gasteiger partial charge in [-0.2, -0.15) is 0 Å². The number of thiazole rings is 1. The van der Waals surface area contributed by atoms with E-state index in [1.165, 1.54) is 0 Å². The Morgan fingerprint density at radius 3 is 2.76 bits per heavy atom. The van der Waals surface area contributed by atoms with Crippen molar-refractivity contribution >= 4 is 45.5 Å². The quantitative estimate of drug-likeness (QED) is 0.643. The number of hydrogen-bond donors (Lipinski definition) is 1. The Balaban J connectivity index is 1.84. The Morgan fingerprint density at radius 1 is 1.14 bits per heavy atom. The third kappa shape index (κ3) is 3.30. The molecule has 0 aliphatic heterocycles. The van der Waals surface area contributed by atoms with E-state index in [2.05, 4.69) is 32.9 Å². The molecule has 104 valence electrons. The zero-order chi connectivity index (χ0) is 14.7. The predicted molar refractivity (Wildman–Crippen MR) is 94.7 cm³/mol. The molecule has 1 heterocycles. The van der Waals surface area contributed by atoms with Gasteiger partial charge in [-0.25, -0.2) is 4.98 Å². The van der Waals surface area contributed by atoms with Crippen LogP contribution in [0.15, 0.2) is 60.1 Å². The number of carbonyl (C=O) groups is 1. The fourth-order valence-corrected chi connectivity index (χ4v) is 3.21. The Morgan fingerprint density at radius 2 is 2.00 bits per heavy atom. The van der Waals surface area contributed by atoms with E-state index in [-0.39, 0.29) is 5.91 Å². The molecule has 0 saturated carbocycles. The first-order valence-electron chi connectivity index (χ1n) is 6.30. The second-order valence-corrected chi connectivity index (χ2v) is 6.41. The van der Waals surface area contributed by atoms with Crippen LogP contribution in [0.1, 0.15) is 10.4 Å². The Labute approximate surface area is 140 Å². The van der Waals surface area contributed by atoms with Crippen molar-refractivity contribution in [2.24, 2.45) is 0 Å². The van der Waals surface area contributed by atoms with Gasteiger partial charge in [0.2, 0.25) is 0 Å². The van der Waals surface area contributed by atoms with Gasteiger partial charge in [-0.05, 0) is 46.9 Å². The lowest BCUT2D eigenvalue weighted by molar-refractivity contribution is 0.102. The van der Waals surface area contributed by atoms with Crippen molar-refractivity contribution in [2.75, 3.05) is 5.32 Å². The molecular weight excluding hydrogens is 395 g/mol. The summed E-state index contributed by atoms with van der Waals surface area (Å²) in [5, 5.41) is 5.82. The van der Waals surface area contributed by atoms with E-state index in [0.29, 0.717) is 5.56 Å². The molecule has 0 aliphatic rings. The highest BCUT2D eigenvalue weighted by Crippen LogP contribution is 2.24. The van der Waals surface area contributed by atoms with Crippen LogP contribution >= 0.6 is 33.9 Å². The van der Waals surface area contributed by atoms with Gasteiger partial charge in [0.05, 0.1) is 5.56 Å². The summed E-state index contributed by atoms with van der Waals surface area (Å²) in [6, 6.07) is 15.2. The van der Waals surface area contributed by atoms with Crippen molar-refractivity contribution in [1.82, 2.24) is 4.98 Å². The number of amides is 1. The van der Waals surface area contributed by atoms with E-state index in [1.54, 1.807) is 17.5 Å². The maximum atomic E-state index is 12.3. The minimum atomic E-state index is -0.101. The highest BCUT2D eigenvalue weighted by molar-refractivity contribution is 14.1. The Kier molecular flexibility index (Phi) is 4.31. The fraction of sp³-hybridized carbons (Fsp3) is 0. The van der Waals surface area contributed by atoms with Crippen molar-refractivity contribution in [3.8, 4) is 10.6 Å². The molecule has 21 heavy (non-hydrogen) atoms. The van der Waals surface area contributed by atoms with Crippen LogP contribution in [-0.4, -0.2) is 10.9 Å². The summed E-state index contributed by atoms with van der Waals surface area (Å²) in [5.74, 6) is -0.101. The summed E-state index contributed by atoms with van der Waals surface area (Å²) in [7, 11) is 0. The van der Waals surface area contributed by atoms with Crippen molar-refractivity contribution in [3.05, 3.63) is 69.2 Å². The van der Waals surface area contributed by atoms with E-state index in [9.17, 15) is 4.79 Å². The number of halogens is 1. The second-order valence-electron chi connectivity index (χ2n) is 4.35. The van der Waals surface area contributed by atoms with Crippen LogP contribution in [0.2, 0.25) is 0 Å². The highest BCUT2D eigenvalue weighted by Gasteiger charge is 2.10. The van der Waals surface area contributed by atoms with Gasteiger partial charge in [0.1, 0.15) is 5.01 Å². The molecule has 3 rings (SSSR count). The van der Waals surface area contributed by atoms with Crippen molar-refractivity contribution < 1.29 is 4.79 Å². The lowest BCUT2D eigenvalue weighted by Gasteiger charge is -2.07.